The third-order valence-corrected chi connectivity index (χ3v) is 3.64. The zero-order chi connectivity index (χ0) is 11.8. The number of carbonyl (C=O) groups excluding carboxylic acids is 1. The molecule has 0 aromatic rings. The zero-order valence-corrected chi connectivity index (χ0v) is 9.39. The molecule has 1 heterocycles. The highest BCUT2D eigenvalue weighted by atomic mass is 19.3. The van der Waals surface area contributed by atoms with Crippen molar-refractivity contribution in [3.63, 3.8) is 0 Å². The van der Waals surface area contributed by atoms with Gasteiger partial charge in [0.05, 0.1) is 6.42 Å². The number of rotatable bonds is 5. The first-order valence-electron chi connectivity index (χ1n) is 5.77. The van der Waals surface area contributed by atoms with Crippen LogP contribution in [0.5, 0.6) is 0 Å². The van der Waals surface area contributed by atoms with Crippen LogP contribution in [0.15, 0.2) is 0 Å². The Hall–Kier alpha value is -0.710. The van der Waals surface area contributed by atoms with Gasteiger partial charge in [-0.1, -0.05) is 6.92 Å². The van der Waals surface area contributed by atoms with Crippen LogP contribution in [0.2, 0.25) is 0 Å². The summed E-state index contributed by atoms with van der Waals surface area (Å²) < 4.78 is 30.2. The first-order chi connectivity index (χ1) is 7.47. The molecule has 2 rings (SSSR count). The normalized spacial score (nSPS) is 30.2. The Balaban J connectivity index is 1.70. The summed E-state index contributed by atoms with van der Waals surface area (Å²) in [6.07, 6.45) is 2.36. The average molecular weight is 233 g/mol. The molecule has 1 unspecified atom stereocenters. The van der Waals surface area contributed by atoms with Gasteiger partial charge in [-0.2, -0.15) is 8.78 Å². The van der Waals surface area contributed by atoms with Crippen LogP contribution in [0, 0.1) is 5.41 Å². The van der Waals surface area contributed by atoms with Gasteiger partial charge in [0.15, 0.2) is 0 Å². The maximum absolute atomic E-state index is 12.8. The highest BCUT2D eigenvalue weighted by Gasteiger charge is 2.50. The van der Waals surface area contributed by atoms with Gasteiger partial charge < -0.3 is 10.1 Å². The smallest absolute Gasteiger partial charge is 0.377 e. The first kappa shape index (κ1) is 11.8. The third-order valence-electron chi connectivity index (χ3n) is 3.64. The van der Waals surface area contributed by atoms with Crippen molar-refractivity contribution in [1.29, 1.82) is 0 Å². The Kier molecular flexibility index (Phi) is 2.90. The molecule has 0 radical (unpaired) electrons. The van der Waals surface area contributed by atoms with Crippen LogP contribution in [0.25, 0.3) is 0 Å². The first-order valence-corrected chi connectivity index (χ1v) is 5.77. The predicted octanol–water partition coefficient (Wildman–Crippen LogP) is 1.72. The fourth-order valence-corrected chi connectivity index (χ4v) is 2.09. The lowest BCUT2D eigenvalue weighted by Gasteiger charge is -2.15. The summed E-state index contributed by atoms with van der Waals surface area (Å²) in [5.74, 6) is -4.66. The number of hydrogen-bond acceptors (Lipinski definition) is 3. The second-order valence-electron chi connectivity index (χ2n) is 4.92. The number of nitrogens with one attached hydrogen (secondary N) is 1. The zero-order valence-electron chi connectivity index (χ0n) is 9.39. The Morgan fingerprint density at radius 3 is 2.62 bits per heavy atom. The highest BCUT2D eigenvalue weighted by molar-refractivity contribution is 5.79. The largest absolute Gasteiger partial charge is 0.456 e. The van der Waals surface area contributed by atoms with Crippen LogP contribution in [0.4, 0.5) is 8.78 Å². The molecule has 1 N–H and O–H groups in total. The van der Waals surface area contributed by atoms with Gasteiger partial charge in [-0.15, -0.1) is 0 Å². The number of cyclic esters (lactones) is 1. The number of halogens is 2. The van der Waals surface area contributed by atoms with E-state index >= 15 is 0 Å². The van der Waals surface area contributed by atoms with E-state index in [4.69, 9.17) is 0 Å². The summed E-state index contributed by atoms with van der Waals surface area (Å²) in [5.41, 5.74) is 0.380. The van der Waals surface area contributed by atoms with Crippen molar-refractivity contribution in [2.24, 2.45) is 5.41 Å². The van der Waals surface area contributed by atoms with Crippen molar-refractivity contribution in [3.05, 3.63) is 0 Å². The molecule has 5 heteroatoms. The van der Waals surface area contributed by atoms with Gasteiger partial charge in [0.2, 0.25) is 0 Å². The van der Waals surface area contributed by atoms with E-state index in [1.165, 1.54) is 12.8 Å². The number of alkyl halides is 2. The molecule has 0 bridgehead atoms. The number of carbonyl (C=O) groups is 1. The molecular formula is C11H17F2NO2. The molecule has 2 aliphatic rings. The van der Waals surface area contributed by atoms with Gasteiger partial charge in [0.1, 0.15) is 6.10 Å². The quantitative estimate of drug-likeness (QED) is 0.735. The van der Waals surface area contributed by atoms with Gasteiger partial charge in [0, 0.05) is 13.1 Å². The van der Waals surface area contributed by atoms with E-state index in [0.29, 0.717) is 12.0 Å². The van der Waals surface area contributed by atoms with E-state index < -0.39 is 24.4 Å². The van der Waals surface area contributed by atoms with Crippen LogP contribution in [-0.4, -0.2) is 31.1 Å². The molecule has 3 nitrogen and oxygen atoms in total. The van der Waals surface area contributed by atoms with Gasteiger partial charge >= 0.3 is 11.9 Å². The predicted molar refractivity (Wildman–Crippen MR) is 54.3 cm³/mol. The molecular weight excluding hydrogens is 216 g/mol. The topological polar surface area (TPSA) is 38.3 Å². The fourth-order valence-electron chi connectivity index (χ4n) is 2.09. The molecule has 0 amide bonds. The summed E-state index contributed by atoms with van der Waals surface area (Å²) in [4.78, 5) is 10.7. The summed E-state index contributed by atoms with van der Waals surface area (Å²) in [6.45, 7) is 3.31. The van der Waals surface area contributed by atoms with Crippen LogP contribution in [0.1, 0.15) is 32.6 Å². The van der Waals surface area contributed by atoms with Crippen molar-refractivity contribution >= 4 is 5.97 Å². The minimum atomic E-state index is -3.28. The minimum absolute atomic E-state index is 0.336. The lowest BCUT2D eigenvalue weighted by Crippen LogP contribution is -2.31. The molecule has 1 aliphatic heterocycles. The Bertz CT molecular complexity index is 290. The highest BCUT2D eigenvalue weighted by Crippen LogP contribution is 2.47. The van der Waals surface area contributed by atoms with E-state index in [2.05, 4.69) is 17.0 Å². The Morgan fingerprint density at radius 1 is 1.50 bits per heavy atom. The monoisotopic (exact) mass is 233 g/mol. The Morgan fingerprint density at radius 2 is 2.19 bits per heavy atom. The van der Waals surface area contributed by atoms with Crippen molar-refractivity contribution in [3.8, 4) is 0 Å². The minimum Gasteiger partial charge on any atom is -0.456 e. The van der Waals surface area contributed by atoms with Gasteiger partial charge in [0.25, 0.3) is 0 Å². The van der Waals surface area contributed by atoms with Crippen LogP contribution < -0.4 is 5.32 Å². The SMILES string of the molecule is CCC1(CNCC2CC(F)(F)C(=O)O2)CC1. The molecule has 1 atom stereocenters. The second-order valence-corrected chi connectivity index (χ2v) is 4.92. The van der Waals surface area contributed by atoms with Gasteiger partial charge in [-0.05, 0) is 24.7 Å². The summed E-state index contributed by atoms with van der Waals surface area (Å²) >= 11 is 0. The molecule has 2 fully saturated rings. The molecule has 0 aromatic heterocycles. The van der Waals surface area contributed by atoms with E-state index in [1.54, 1.807) is 0 Å². The van der Waals surface area contributed by atoms with Crippen molar-refractivity contribution in [1.82, 2.24) is 5.32 Å². The van der Waals surface area contributed by atoms with Crippen molar-refractivity contribution in [2.75, 3.05) is 13.1 Å². The average Bonchev–Trinajstić information content (AvgIpc) is 2.92. The molecule has 1 aliphatic carbocycles. The van der Waals surface area contributed by atoms with Crippen LogP contribution in [0.3, 0.4) is 0 Å². The second kappa shape index (κ2) is 3.95. The number of esters is 1. The molecule has 16 heavy (non-hydrogen) atoms. The summed E-state index contributed by atoms with van der Waals surface area (Å²) in [6, 6.07) is 0. The van der Waals surface area contributed by atoms with E-state index in [1.807, 2.05) is 0 Å². The standard InChI is InChI=1S/C11H17F2NO2/c1-2-10(3-4-10)7-14-6-8-5-11(12,13)9(15)16-8/h8,14H,2-7H2,1H3. The molecule has 1 saturated heterocycles. The molecule has 1 saturated carbocycles. The van der Waals surface area contributed by atoms with E-state index in [9.17, 15) is 13.6 Å². The van der Waals surface area contributed by atoms with Crippen LogP contribution in [-0.2, 0) is 9.53 Å². The summed E-state index contributed by atoms with van der Waals surface area (Å²) in [7, 11) is 0. The van der Waals surface area contributed by atoms with E-state index in [-0.39, 0.29) is 0 Å². The summed E-state index contributed by atoms with van der Waals surface area (Å²) in [5, 5.41) is 3.13. The third kappa shape index (κ3) is 2.34. The van der Waals surface area contributed by atoms with Crippen molar-refractivity contribution < 1.29 is 18.3 Å². The molecule has 92 valence electrons. The number of ether oxygens (including phenoxy) is 1. The lowest BCUT2D eigenvalue weighted by atomic mass is 10.0. The van der Waals surface area contributed by atoms with Crippen LogP contribution >= 0.6 is 0 Å². The maximum atomic E-state index is 12.8. The Labute approximate surface area is 93.5 Å². The van der Waals surface area contributed by atoms with E-state index in [0.717, 1.165) is 13.0 Å². The molecule has 0 aromatic carbocycles. The molecule has 0 spiro atoms. The lowest BCUT2D eigenvalue weighted by molar-refractivity contribution is -0.159. The maximum Gasteiger partial charge on any atom is 0.377 e. The van der Waals surface area contributed by atoms with Gasteiger partial charge in [-0.3, -0.25) is 0 Å². The fraction of sp³-hybridized carbons (Fsp3) is 0.909. The number of hydrogen-bond donors (Lipinski definition) is 1. The van der Waals surface area contributed by atoms with Crippen molar-refractivity contribution in [2.45, 2.75) is 44.6 Å². The van der Waals surface area contributed by atoms with Gasteiger partial charge in [-0.25, -0.2) is 4.79 Å².